The lowest BCUT2D eigenvalue weighted by Crippen LogP contribution is -2.46. The van der Waals surface area contributed by atoms with Crippen molar-refractivity contribution in [3.8, 4) is 0 Å². The fraction of sp³-hybridized carbons (Fsp3) is 0.368. The zero-order chi connectivity index (χ0) is 35.7. The van der Waals surface area contributed by atoms with Crippen molar-refractivity contribution in [3.63, 3.8) is 0 Å². The molecule has 0 saturated carbocycles. The van der Waals surface area contributed by atoms with Crippen LogP contribution in [0.25, 0.3) is 5.65 Å². The number of aromatic nitrogens is 3. The molecule has 7 heteroatoms. The number of halogens is 1. The van der Waals surface area contributed by atoms with E-state index in [1.165, 1.54) is 0 Å². The van der Waals surface area contributed by atoms with Gasteiger partial charge in [0.1, 0.15) is 0 Å². The predicted octanol–water partition coefficient (Wildman–Crippen LogP) is 2.36. The van der Waals surface area contributed by atoms with Crippen LogP contribution in [0.5, 0.6) is 0 Å². The van der Waals surface area contributed by atoms with Gasteiger partial charge < -0.3 is 4.90 Å². The highest BCUT2D eigenvalue weighted by molar-refractivity contribution is 6.30. The van der Waals surface area contributed by atoms with Crippen LogP contribution < -0.4 is 10.6 Å². The molecule has 26 heavy (non-hydrogen) atoms. The second kappa shape index (κ2) is 7.51. The molecule has 6 nitrogen and oxygen atoms in total. The summed E-state index contributed by atoms with van der Waals surface area (Å²) in [5.74, 6) is 0. The molecular formula is C19H22ClN5O. The number of hydrogen-bond acceptors (Lipinski definition) is 4. The Morgan fingerprint density at radius 2 is 2.00 bits per heavy atom. The van der Waals surface area contributed by atoms with Crippen molar-refractivity contribution in [2.24, 2.45) is 0 Å². The average molecular weight is 392 g/mol. The van der Waals surface area contributed by atoms with Gasteiger partial charge in [0.2, 0.25) is 0 Å². The van der Waals surface area contributed by atoms with Crippen molar-refractivity contribution >= 4 is 22.9 Å². The van der Waals surface area contributed by atoms with Crippen molar-refractivity contribution in [1.82, 2.24) is 19.1 Å². The molecule has 0 spiro atoms. The molecule has 0 bridgehead atoms. The summed E-state index contributed by atoms with van der Waals surface area (Å²) in [4.78, 5) is 12.2. The molecule has 1 aliphatic heterocycles. The molecule has 3 aromatic rings. The van der Waals surface area contributed by atoms with Gasteiger partial charge in [-0.3, -0.25) is 9.30 Å². The maximum Gasteiger partial charge on any atom is 0.350 e. The smallest absolute Gasteiger partial charge is 0.350 e. The summed E-state index contributed by atoms with van der Waals surface area (Å²) in [5.41, 5.74) is -3.52. The maximum atomic E-state index is 13.1. The van der Waals surface area contributed by atoms with E-state index in [9.17, 15) is 4.79 Å². The lowest BCUT2D eigenvalue weighted by molar-refractivity contribution is 0.248. The minimum Gasteiger partial charge on any atom is -0.369 e. The number of aryl methyl sites for hydroxylation is 1. The Kier molecular flexibility index (Phi) is 1.62. The minimum atomic E-state index is -4.01. The van der Waals surface area contributed by atoms with E-state index in [1.54, 1.807) is 0 Å². The quantitative estimate of drug-likeness (QED) is 0.669. The fourth-order valence-electron chi connectivity index (χ4n) is 1.88. The second-order valence-corrected chi connectivity index (χ2v) is 4.99. The highest BCUT2D eigenvalue weighted by Crippen LogP contribution is 2.20. The molecule has 3 heterocycles. The summed E-state index contributed by atoms with van der Waals surface area (Å²) in [6.45, 7) is -23.0. The van der Waals surface area contributed by atoms with Crippen LogP contribution in [-0.2, 0) is 6.50 Å². The van der Waals surface area contributed by atoms with E-state index in [4.69, 9.17) is 39.0 Å². The Labute approximate surface area is 185 Å². The second-order valence-electron chi connectivity index (χ2n) is 4.61. The Hall–Kier alpha value is -2.31. The predicted molar refractivity (Wildman–Crippen MR) is 104 cm³/mol. The molecule has 1 saturated heterocycles. The van der Waals surface area contributed by atoms with Gasteiger partial charge in [0.15, 0.2) is 5.65 Å². The van der Waals surface area contributed by atoms with Crippen LogP contribution in [0.15, 0.2) is 53.3 Å². The molecule has 0 aliphatic carbocycles. The molecule has 2 aromatic heterocycles. The van der Waals surface area contributed by atoms with E-state index in [0.29, 0.717) is 0 Å². The first-order valence-electron chi connectivity index (χ1n) is 17.0. The number of nitrogens with zero attached hydrogens (tertiary/aromatic N) is 5. The van der Waals surface area contributed by atoms with Crippen molar-refractivity contribution < 1.29 is 27.4 Å². The maximum absolute atomic E-state index is 13.1. The number of benzene rings is 1. The van der Waals surface area contributed by atoms with Crippen LogP contribution in [0.4, 0.5) is 5.69 Å². The Balaban J connectivity index is 1.92. The van der Waals surface area contributed by atoms with Gasteiger partial charge in [-0.2, -0.15) is 0 Å². The summed E-state index contributed by atoms with van der Waals surface area (Å²) in [6, 6.07) is -6.81. The molecule has 0 unspecified atom stereocenters. The molecular weight excluding hydrogens is 350 g/mol. The highest BCUT2D eigenvalue weighted by atomic mass is 35.5. The third kappa shape index (κ3) is 3.61. The molecule has 1 aliphatic rings. The monoisotopic (exact) mass is 391 g/mol. The van der Waals surface area contributed by atoms with Crippen LogP contribution in [0.3, 0.4) is 0 Å². The zero-order valence-electron chi connectivity index (χ0n) is 32.7. The third-order valence-corrected chi connectivity index (χ3v) is 3.19. The van der Waals surface area contributed by atoms with E-state index in [1.807, 2.05) is 0 Å². The lowest BCUT2D eigenvalue weighted by atomic mass is 10.2. The van der Waals surface area contributed by atoms with Gasteiger partial charge in [0.25, 0.3) is 0 Å². The van der Waals surface area contributed by atoms with E-state index < -0.39 is 121 Å². The van der Waals surface area contributed by atoms with Crippen LogP contribution in [0.1, 0.15) is 33.8 Å². The van der Waals surface area contributed by atoms with Crippen LogP contribution in [0, 0.1) is 0 Å². The Morgan fingerprint density at radius 1 is 1.15 bits per heavy atom. The zero-order valence-corrected chi connectivity index (χ0v) is 13.5. The molecule has 0 N–H and O–H groups in total. The van der Waals surface area contributed by atoms with Gasteiger partial charge in [-0.1, -0.05) is 23.7 Å². The first-order chi connectivity index (χ1) is 20.5. The first kappa shape index (κ1) is 5.59. The largest absolute Gasteiger partial charge is 0.369 e. The van der Waals surface area contributed by atoms with Crippen molar-refractivity contribution in [2.75, 3.05) is 37.4 Å². The van der Waals surface area contributed by atoms with Gasteiger partial charge in [0.05, 0.1) is 19.2 Å². The van der Waals surface area contributed by atoms with Crippen molar-refractivity contribution in [1.29, 1.82) is 0 Å². The van der Waals surface area contributed by atoms with Gasteiger partial charge in [-0.25, -0.2) is 9.48 Å². The topological polar surface area (TPSA) is 45.8 Å². The number of rotatable bonds is 5. The summed E-state index contributed by atoms with van der Waals surface area (Å²) >= 11 is 5.89. The van der Waals surface area contributed by atoms with Crippen LogP contribution in [0.2, 0.25) is 5.02 Å². The standard InChI is InChI=1S/C19H22ClN5O/c20-16-5-3-6-17(15-16)23-13-11-22(12-14-23)8-4-10-25-19(26)24-9-2-1-7-18(24)21-25/h1-3,5-7,9,15H,4,8,10-14H2/i1D,2D,3D,5D,6D,7D,8D2,9D,10D2,11D2,12D2,13D2,14D2,15D. The number of anilines is 1. The lowest BCUT2D eigenvalue weighted by Gasteiger charge is -2.36. The average Bonchev–Trinajstić information content (AvgIpc) is 3.26. The highest BCUT2D eigenvalue weighted by Gasteiger charge is 2.17. The van der Waals surface area contributed by atoms with E-state index >= 15 is 0 Å². The number of pyridine rings is 1. The van der Waals surface area contributed by atoms with E-state index in [-0.39, 0.29) is 14.0 Å². The molecule has 0 atom stereocenters. The fourth-order valence-corrected chi connectivity index (χ4v) is 2.02. The summed E-state index contributed by atoms with van der Waals surface area (Å²) < 4.78 is 166. The molecule has 0 radical (unpaired) electrons. The molecule has 136 valence electrons. The number of piperazine rings is 1. The summed E-state index contributed by atoms with van der Waals surface area (Å²) in [6.07, 6.45) is -2.73. The van der Waals surface area contributed by atoms with Crippen LogP contribution in [-0.4, -0.2) is 51.6 Å². The normalized spacial score (nSPS) is 35.7. The van der Waals surface area contributed by atoms with Crippen LogP contribution >= 0.6 is 11.6 Å². The SMILES string of the molecule is [2H]c1c([2H])c(Cl)c([2H])c(N2C([2H])([2H])C([2H])([2H])N(C([2H])([2H])CC([2H])([2H])n3nc4c([2H])c([2H])c([2H])c([2H])n4c3=O)C([2H])([2H])C2([2H])[2H])c1[2H]. The molecule has 1 fully saturated rings. The van der Waals surface area contributed by atoms with Crippen molar-refractivity contribution in [3.05, 3.63) is 64.0 Å². The molecule has 0 amide bonds. The summed E-state index contributed by atoms with van der Waals surface area (Å²) in [7, 11) is 0. The van der Waals surface area contributed by atoms with E-state index in [0.717, 1.165) is 0 Å². The number of hydrogen-bond donors (Lipinski definition) is 0. The Bertz CT molecular complexity index is 1780. The third-order valence-electron chi connectivity index (χ3n) is 3.00. The first-order valence-corrected chi connectivity index (χ1v) is 7.36. The van der Waals surface area contributed by atoms with Gasteiger partial charge in [-0.05, 0) is 36.6 Å². The van der Waals surface area contributed by atoms with Gasteiger partial charge >= 0.3 is 5.69 Å². The summed E-state index contributed by atoms with van der Waals surface area (Å²) in [5, 5.41) is 2.70. The minimum absolute atomic E-state index is 0.0846. The van der Waals surface area contributed by atoms with Gasteiger partial charge in [0, 0.05) is 64.1 Å². The van der Waals surface area contributed by atoms with E-state index in [2.05, 4.69) is 5.10 Å². The molecule has 1 aromatic carbocycles. The van der Waals surface area contributed by atoms with Crippen molar-refractivity contribution in [2.45, 2.75) is 12.9 Å². The number of fused-ring (bicyclic) bond motifs is 1. The Morgan fingerprint density at radius 3 is 2.85 bits per heavy atom. The molecule has 4 rings (SSSR count). The van der Waals surface area contributed by atoms with Gasteiger partial charge in [-0.15, -0.1) is 5.10 Å².